The summed E-state index contributed by atoms with van der Waals surface area (Å²) in [6.07, 6.45) is 0.709. The Labute approximate surface area is 121 Å². The Morgan fingerprint density at radius 3 is 2.60 bits per heavy atom. The highest BCUT2D eigenvalue weighted by Crippen LogP contribution is 2.28. The molecule has 0 unspecified atom stereocenters. The zero-order chi connectivity index (χ0) is 14.9. The predicted octanol–water partition coefficient (Wildman–Crippen LogP) is 4.10. The minimum atomic E-state index is -0.433. The summed E-state index contributed by atoms with van der Waals surface area (Å²) >= 11 is 0. The van der Waals surface area contributed by atoms with Crippen LogP contribution in [0.2, 0.25) is 0 Å². The second kappa shape index (κ2) is 5.47. The van der Waals surface area contributed by atoms with Gasteiger partial charge < -0.3 is 9.64 Å². The zero-order valence-corrected chi connectivity index (χ0v) is 13.2. The van der Waals surface area contributed by atoms with Crippen LogP contribution in [0, 0.1) is 0 Å². The van der Waals surface area contributed by atoms with Crippen LogP contribution in [0.5, 0.6) is 0 Å². The number of rotatable bonds is 1. The van der Waals surface area contributed by atoms with Gasteiger partial charge >= 0.3 is 6.09 Å². The molecule has 0 radical (unpaired) electrons. The smallest absolute Gasteiger partial charge is 0.410 e. The topological polar surface area (TPSA) is 29.5 Å². The molecule has 3 heteroatoms. The third-order valence-corrected chi connectivity index (χ3v) is 3.58. The number of amides is 1. The minimum absolute atomic E-state index is 0.210. The highest BCUT2D eigenvalue weighted by atomic mass is 16.6. The van der Waals surface area contributed by atoms with Crippen LogP contribution in [-0.2, 0) is 17.7 Å². The van der Waals surface area contributed by atoms with Crippen LogP contribution in [0.15, 0.2) is 18.2 Å². The third-order valence-electron chi connectivity index (χ3n) is 3.58. The van der Waals surface area contributed by atoms with E-state index >= 15 is 0 Å². The average Bonchev–Trinajstić information content (AvgIpc) is 2.35. The Hall–Kier alpha value is -1.51. The molecule has 0 aromatic heterocycles. The predicted molar refractivity (Wildman–Crippen MR) is 80.9 cm³/mol. The van der Waals surface area contributed by atoms with Crippen molar-refractivity contribution in [1.82, 2.24) is 4.90 Å². The summed E-state index contributed by atoms with van der Waals surface area (Å²) in [5, 5.41) is 0. The first kappa shape index (κ1) is 14.9. The van der Waals surface area contributed by atoms with E-state index in [-0.39, 0.29) is 6.09 Å². The van der Waals surface area contributed by atoms with Gasteiger partial charge in [-0.2, -0.15) is 0 Å². The molecule has 0 saturated carbocycles. The Morgan fingerprint density at radius 2 is 2.00 bits per heavy atom. The first-order valence-electron chi connectivity index (χ1n) is 7.36. The SMILES string of the molecule is CC(C)c1cccc2c1CCN(C(=O)OC(C)(C)C)C2. The molecule has 20 heavy (non-hydrogen) atoms. The molecule has 0 spiro atoms. The summed E-state index contributed by atoms with van der Waals surface area (Å²) in [7, 11) is 0. The minimum Gasteiger partial charge on any atom is -0.444 e. The van der Waals surface area contributed by atoms with E-state index in [1.165, 1.54) is 16.7 Å². The van der Waals surface area contributed by atoms with E-state index in [0.717, 1.165) is 13.0 Å². The van der Waals surface area contributed by atoms with Gasteiger partial charge in [-0.3, -0.25) is 0 Å². The maximum absolute atomic E-state index is 12.1. The average molecular weight is 275 g/mol. The fraction of sp³-hybridized carbons (Fsp3) is 0.588. The Balaban J connectivity index is 2.16. The number of ether oxygens (including phenoxy) is 1. The Kier molecular flexibility index (Phi) is 4.07. The first-order valence-corrected chi connectivity index (χ1v) is 7.36. The molecule has 1 aromatic rings. The number of carbonyl (C=O) groups is 1. The van der Waals surface area contributed by atoms with E-state index in [9.17, 15) is 4.79 Å². The van der Waals surface area contributed by atoms with Crippen LogP contribution >= 0.6 is 0 Å². The number of nitrogens with zero attached hydrogens (tertiary/aromatic N) is 1. The molecule has 110 valence electrons. The van der Waals surface area contributed by atoms with Crippen molar-refractivity contribution in [1.29, 1.82) is 0 Å². The largest absolute Gasteiger partial charge is 0.444 e. The fourth-order valence-electron chi connectivity index (χ4n) is 2.66. The van der Waals surface area contributed by atoms with Crippen LogP contribution in [-0.4, -0.2) is 23.1 Å². The summed E-state index contributed by atoms with van der Waals surface area (Å²) in [6, 6.07) is 6.41. The van der Waals surface area contributed by atoms with Gasteiger partial charge in [-0.1, -0.05) is 32.0 Å². The molecular weight excluding hydrogens is 250 g/mol. The van der Waals surface area contributed by atoms with E-state index in [1.54, 1.807) is 4.90 Å². The quantitative estimate of drug-likeness (QED) is 0.772. The van der Waals surface area contributed by atoms with Gasteiger partial charge in [0.2, 0.25) is 0 Å². The number of benzene rings is 1. The van der Waals surface area contributed by atoms with E-state index < -0.39 is 5.60 Å². The molecule has 3 nitrogen and oxygen atoms in total. The highest BCUT2D eigenvalue weighted by Gasteiger charge is 2.26. The molecule has 1 amide bonds. The molecule has 1 aliphatic heterocycles. The van der Waals surface area contributed by atoms with Gasteiger partial charge in [0.15, 0.2) is 0 Å². The molecule has 0 bridgehead atoms. The van der Waals surface area contributed by atoms with E-state index in [0.29, 0.717) is 12.5 Å². The van der Waals surface area contributed by atoms with E-state index in [4.69, 9.17) is 4.74 Å². The summed E-state index contributed by atoms with van der Waals surface area (Å²) in [4.78, 5) is 13.9. The van der Waals surface area contributed by atoms with Crippen molar-refractivity contribution in [2.75, 3.05) is 6.54 Å². The molecule has 0 atom stereocenters. The second-order valence-corrected chi connectivity index (χ2v) is 6.79. The third kappa shape index (κ3) is 3.33. The number of fused-ring (bicyclic) bond motifs is 1. The molecule has 0 aliphatic carbocycles. The monoisotopic (exact) mass is 275 g/mol. The first-order chi connectivity index (χ1) is 9.28. The van der Waals surface area contributed by atoms with Crippen LogP contribution in [0.3, 0.4) is 0 Å². The van der Waals surface area contributed by atoms with Crippen LogP contribution in [0.1, 0.15) is 57.2 Å². The maximum atomic E-state index is 12.1. The van der Waals surface area contributed by atoms with Crippen LogP contribution in [0.25, 0.3) is 0 Å². The highest BCUT2D eigenvalue weighted by molar-refractivity contribution is 5.68. The van der Waals surface area contributed by atoms with Crippen molar-refractivity contribution in [2.45, 2.75) is 59.1 Å². The molecule has 0 N–H and O–H groups in total. The van der Waals surface area contributed by atoms with Gasteiger partial charge in [0.05, 0.1) is 0 Å². The van der Waals surface area contributed by atoms with Gasteiger partial charge in [-0.05, 0) is 49.8 Å². The van der Waals surface area contributed by atoms with Crippen molar-refractivity contribution in [3.63, 3.8) is 0 Å². The zero-order valence-electron chi connectivity index (χ0n) is 13.2. The summed E-state index contributed by atoms with van der Waals surface area (Å²) in [6.45, 7) is 11.5. The van der Waals surface area contributed by atoms with Gasteiger partial charge in [-0.15, -0.1) is 0 Å². The van der Waals surface area contributed by atoms with E-state index in [1.807, 2.05) is 20.8 Å². The molecule has 0 saturated heterocycles. The summed E-state index contributed by atoms with van der Waals surface area (Å²) < 4.78 is 5.46. The molecule has 0 fully saturated rings. The van der Waals surface area contributed by atoms with Crippen molar-refractivity contribution in [2.24, 2.45) is 0 Å². The van der Waals surface area contributed by atoms with Gasteiger partial charge in [0, 0.05) is 13.1 Å². The fourth-order valence-corrected chi connectivity index (χ4v) is 2.66. The number of hydrogen-bond acceptors (Lipinski definition) is 2. The summed E-state index contributed by atoms with van der Waals surface area (Å²) in [5.74, 6) is 0.526. The van der Waals surface area contributed by atoms with Gasteiger partial charge in [0.25, 0.3) is 0 Å². The molecule has 1 aromatic carbocycles. The lowest BCUT2D eigenvalue weighted by Gasteiger charge is -2.32. The van der Waals surface area contributed by atoms with Crippen molar-refractivity contribution < 1.29 is 9.53 Å². The van der Waals surface area contributed by atoms with Gasteiger partial charge in [0.1, 0.15) is 5.60 Å². The second-order valence-electron chi connectivity index (χ2n) is 6.79. The normalized spacial score (nSPS) is 15.2. The molecule has 1 aliphatic rings. The van der Waals surface area contributed by atoms with Crippen LogP contribution < -0.4 is 0 Å². The lowest BCUT2D eigenvalue weighted by Crippen LogP contribution is -2.40. The standard InChI is InChI=1S/C17H25NO2/c1-12(2)14-8-6-7-13-11-18(10-9-15(13)14)16(19)20-17(3,4)5/h6-8,12H,9-11H2,1-5H3. The lowest BCUT2D eigenvalue weighted by atomic mass is 9.89. The maximum Gasteiger partial charge on any atom is 0.410 e. The van der Waals surface area contributed by atoms with E-state index in [2.05, 4.69) is 32.0 Å². The van der Waals surface area contributed by atoms with Gasteiger partial charge in [-0.25, -0.2) is 4.79 Å². The number of hydrogen-bond donors (Lipinski definition) is 0. The van der Waals surface area contributed by atoms with Crippen LogP contribution in [0.4, 0.5) is 4.79 Å². The molecular formula is C17H25NO2. The molecule has 1 heterocycles. The summed E-state index contributed by atoms with van der Waals surface area (Å²) in [5.41, 5.74) is 3.65. The van der Waals surface area contributed by atoms with Crippen molar-refractivity contribution >= 4 is 6.09 Å². The lowest BCUT2D eigenvalue weighted by molar-refractivity contribution is 0.0223. The van der Waals surface area contributed by atoms with Crippen molar-refractivity contribution in [3.05, 3.63) is 34.9 Å². The molecule has 2 rings (SSSR count). The van der Waals surface area contributed by atoms with Crippen molar-refractivity contribution in [3.8, 4) is 0 Å². The Morgan fingerprint density at radius 1 is 1.30 bits per heavy atom. The Bertz CT molecular complexity index is 500. The number of carbonyl (C=O) groups excluding carboxylic acids is 1.